The second kappa shape index (κ2) is 7.98. The van der Waals surface area contributed by atoms with Gasteiger partial charge in [0, 0.05) is 32.9 Å². The standard InChI is InChI=1S/C20H27N5.HI/c1-16-8-12-25(23-16)18-7-4-3-6-17(18)14-22-19(21-2)24-13-11-20(15-24)9-5-10-20;/h3-4,6-8,12H,5,9-11,13-15H2,1-2H3,(H,21,22);1H. The molecule has 26 heavy (non-hydrogen) atoms. The number of guanidine groups is 1. The number of nitrogens with one attached hydrogen (secondary N) is 1. The zero-order valence-electron chi connectivity index (χ0n) is 15.6. The maximum atomic E-state index is 4.55. The van der Waals surface area contributed by atoms with Crippen LogP contribution in [-0.4, -0.2) is 40.8 Å². The van der Waals surface area contributed by atoms with Crippen LogP contribution in [0.15, 0.2) is 41.5 Å². The Balaban J connectivity index is 0.00000196. The first-order valence-corrected chi connectivity index (χ1v) is 9.25. The molecule has 5 nitrogen and oxygen atoms in total. The van der Waals surface area contributed by atoms with Crippen molar-refractivity contribution in [3.63, 3.8) is 0 Å². The number of nitrogens with zero attached hydrogens (tertiary/aromatic N) is 4. The molecule has 1 aliphatic heterocycles. The summed E-state index contributed by atoms with van der Waals surface area (Å²) >= 11 is 0. The van der Waals surface area contributed by atoms with E-state index in [1.165, 1.54) is 31.2 Å². The molecule has 1 aromatic carbocycles. The number of likely N-dealkylation sites (tertiary alicyclic amines) is 1. The molecule has 0 amide bonds. The number of halogens is 1. The van der Waals surface area contributed by atoms with Gasteiger partial charge in [-0.3, -0.25) is 4.99 Å². The van der Waals surface area contributed by atoms with Gasteiger partial charge in [-0.1, -0.05) is 24.6 Å². The monoisotopic (exact) mass is 465 g/mol. The zero-order valence-corrected chi connectivity index (χ0v) is 17.9. The fourth-order valence-electron chi connectivity index (χ4n) is 4.14. The molecule has 6 heteroatoms. The van der Waals surface area contributed by atoms with Gasteiger partial charge < -0.3 is 10.2 Å². The van der Waals surface area contributed by atoms with Crippen LogP contribution < -0.4 is 5.32 Å². The Hall–Kier alpha value is -1.57. The predicted octanol–water partition coefficient (Wildman–Crippen LogP) is 3.75. The molecule has 0 radical (unpaired) electrons. The maximum absolute atomic E-state index is 4.55. The number of aliphatic imine (C=N–C) groups is 1. The van der Waals surface area contributed by atoms with Gasteiger partial charge in [0.25, 0.3) is 0 Å². The van der Waals surface area contributed by atoms with Crippen molar-refractivity contribution in [2.24, 2.45) is 10.4 Å². The van der Waals surface area contributed by atoms with Gasteiger partial charge in [-0.15, -0.1) is 24.0 Å². The number of hydrogen-bond donors (Lipinski definition) is 1. The van der Waals surface area contributed by atoms with Crippen molar-refractivity contribution in [2.75, 3.05) is 20.1 Å². The number of para-hydroxylation sites is 1. The Morgan fingerprint density at radius 1 is 1.23 bits per heavy atom. The van der Waals surface area contributed by atoms with Crippen molar-refractivity contribution in [1.29, 1.82) is 0 Å². The number of hydrogen-bond acceptors (Lipinski definition) is 2. The Labute approximate surface area is 172 Å². The van der Waals surface area contributed by atoms with Crippen molar-refractivity contribution in [2.45, 2.75) is 39.2 Å². The average molecular weight is 465 g/mol. The van der Waals surface area contributed by atoms with Gasteiger partial charge in [0.15, 0.2) is 5.96 Å². The smallest absolute Gasteiger partial charge is 0.193 e. The normalized spacial score (nSPS) is 18.5. The molecule has 1 N–H and O–H groups in total. The van der Waals surface area contributed by atoms with Crippen molar-refractivity contribution in [3.8, 4) is 5.69 Å². The van der Waals surface area contributed by atoms with Crippen LogP contribution in [0.5, 0.6) is 0 Å². The molecular formula is C20H28IN5. The Morgan fingerprint density at radius 3 is 2.65 bits per heavy atom. The number of benzene rings is 1. The molecule has 1 saturated heterocycles. The lowest BCUT2D eigenvalue weighted by Crippen LogP contribution is -2.42. The number of rotatable bonds is 3. The lowest BCUT2D eigenvalue weighted by molar-refractivity contribution is 0.151. The van der Waals surface area contributed by atoms with E-state index in [1.54, 1.807) is 0 Å². The summed E-state index contributed by atoms with van der Waals surface area (Å²) in [7, 11) is 1.89. The van der Waals surface area contributed by atoms with Crippen molar-refractivity contribution >= 4 is 29.9 Å². The minimum atomic E-state index is 0. The molecule has 1 aromatic heterocycles. The highest BCUT2D eigenvalue weighted by Crippen LogP contribution is 2.47. The molecule has 140 valence electrons. The Morgan fingerprint density at radius 2 is 2.04 bits per heavy atom. The molecule has 1 aliphatic carbocycles. The Kier molecular flexibility index (Phi) is 5.89. The molecule has 0 atom stereocenters. The molecular weight excluding hydrogens is 437 g/mol. The molecule has 2 aliphatic rings. The molecule has 0 unspecified atom stereocenters. The summed E-state index contributed by atoms with van der Waals surface area (Å²) in [6.45, 7) is 5.06. The lowest BCUT2D eigenvalue weighted by atomic mass is 9.68. The third kappa shape index (κ3) is 3.75. The minimum Gasteiger partial charge on any atom is -0.352 e. The summed E-state index contributed by atoms with van der Waals surface area (Å²) in [5.41, 5.74) is 3.96. The van der Waals surface area contributed by atoms with Crippen LogP contribution in [0.2, 0.25) is 0 Å². The van der Waals surface area contributed by atoms with Crippen LogP contribution in [0.3, 0.4) is 0 Å². The van der Waals surface area contributed by atoms with Crippen LogP contribution in [0.25, 0.3) is 5.69 Å². The van der Waals surface area contributed by atoms with E-state index in [2.05, 4.69) is 44.6 Å². The SMILES string of the molecule is CN=C(NCc1ccccc1-n1ccc(C)n1)N1CCC2(CCC2)C1.I. The highest BCUT2D eigenvalue weighted by Gasteiger charge is 2.43. The fraction of sp³-hybridized carbons (Fsp3) is 0.500. The molecule has 2 aromatic rings. The first-order chi connectivity index (χ1) is 12.2. The van der Waals surface area contributed by atoms with Crippen molar-refractivity contribution < 1.29 is 0 Å². The third-order valence-corrected chi connectivity index (χ3v) is 5.76. The van der Waals surface area contributed by atoms with E-state index >= 15 is 0 Å². The van der Waals surface area contributed by atoms with Crippen LogP contribution in [0.1, 0.15) is 36.9 Å². The van der Waals surface area contributed by atoms with Crippen LogP contribution >= 0.6 is 24.0 Å². The topological polar surface area (TPSA) is 45.5 Å². The summed E-state index contributed by atoms with van der Waals surface area (Å²) in [5.74, 6) is 1.02. The number of aromatic nitrogens is 2. The van der Waals surface area contributed by atoms with Crippen LogP contribution in [0, 0.1) is 12.3 Å². The van der Waals surface area contributed by atoms with E-state index in [-0.39, 0.29) is 24.0 Å². The largest absolute Gasteiger partial charge is 0.352 e. The maximum Gasteiger partial charge on any atom is 0.193 e. The predicted molar refractivity (Wildman–Crippen MR) is 116 cm³/mol. The van der Waals surface area contributed by atoms with Crippen molar-refractivity contribution in [3.05, 3.63) is 47.8 Å². The molecule has 1 saturated carbocycles. The highest BCUT2D eigenvalue weighted by atomic mass is 127. The van der Waals surface area contributed by atoms with Crippen LogP contribution in [0.4, 0.5) is 0 Å². The molecule has 0 bridgehead atoms. The van der Waals surface area contributed by atoms with E-state index in [0.29, 0.717) is 5.41 Å². The second-order valence-corrected chi connectivity index (χ2v) is 7.46. The molecule has 4 rings (SSSR count). The van der Waals surface area contributed by atoms with Gasteiger partial charge in [0.2, 0.25) is 0 Å². The zero-order chi connectivity index (χ0) is 17.3. The average Bonchev–Trinajstić information content (AvgIpc) is 3.23. The lowest BCUT2D eigenvalue weighted by Gasteiger charge is -2.38. The summed E-state index contributed by atoms with van der Waals surface area (Å²) in [4.78, 5) is 6.96. The first kappa shape index (κ1) is 19.2. The summed E-state index contributed by atoms with van der Waals surface area (Å²) < 4.78 is 1.95. The van der Waals surface area contributed by atoms with E-state index in [9.17, 15) is 0 Å². The van der Waals surface area contributed by atoms with E-state index < -0.39 is 0 Å². The summed E-state index contributed by atoms with van der Waals surface area (Å²) in [6.07, 6.45) is 7.52. The van der Waals surface area contributed by atoms with Gasteiger partial charge in [-0.05, 0) is 49.3 Å². The molecule has 2 heterocycles. The van der Waals surface area contributed by atoms with E-state index in [0.717, 1.165) is 37.0 Å². The van der Waals surface area contributed by atoms with Crippen molar-refractivity contribution in [1.82, 2.24) is 20.0 Å². The number of aryl methyl sites for hydroxylation is 1. The minimum absolute atomic E-state index is 0. The Bertz CT molecular complexity index is 778. The van der Waals surface area contributed by atoms with Crippen LogP contribution in [-0.2, 0) is 6.54 Å². The van der Waals surface area contributed by atoms with Gasteiger partial charge in [0.1, 0.15) is 0 Å². The molecule has 1 spiro atoms. The quantitative estimate of drug-likeness (QED) is 0.427. The van der Waals surface area contributed by atoms with Gasteiger partial charge >= 0.3 is 0 Å². The van der Waals surface area contributed by atoms with E-state index in [1.807, 2.05) is 30.9 Å². The summed E-state index contributed by atoms with van der Waals surface area (Å²) in [5, 5.41) is 8.12. The van der Waals surface area contributed by atoms with Gasteiger partial charge in [-0.25, -0.2) is 4.68 Å². The first-order valence-electron chi connectivity index (χ1n) is 9.25. The summed E-state index contributed by atoms with van der Waals surface area (Å²) in [6, 6.07) is 10.4. The van der Waals surface area contributed by atoms with Gasteiger partial charge in [-0.2, -0.15) is 5.10 Å². The van der Waals surface area contributed by atoms with E-state index in [4.69, 9.17) is 0 Å². The molecule has 2 fully saturated rings. The fourth-order valence-corrected chi connectivity index (χ4v) is 4.14. The van der Waals surface area contributed by atoms with Gasteiger partial charge in [0.05, 0.1) is 11.4 Å². The second-order valence-electron chi connectivity index (χ2n) is 7.46. The highest BCUT2D eigenvalue weighted by molar-refractivity contribution is 14.0. The third-order valence-electron chi connectivity index (χ3n) is 5.76.